The van der Waals surface area contributed by atoms with Gasteiger partial charge in [0.2, 0.25) is 5.13 Å². The summed E-state index contributed by atoms with van der Waals surface area (Å²) in [6, 6.07) is 8.41. The van der Waals surface area contributed by atoms with E-state index in [1.165, 1.54) is 17.1 Å². The molecule has 3 aromatic rings. The SMILES string of the molecule is COCCc1nsc(NCc2cccc(-c3cnn(C)c3)c2)n1. The van der Waals surface area contributed by atoms with Gasteiger partial charge in [-0.3, -0.25) is 4.68 Å². The van der Waals surface area contributed by atoms with Crippen LogP contribution in [0, 0.1) is 0 Å². The molecule has 0 aliphatic carbocycles. The minimum atomic E-state index is 0.642. The van der Waals surface area contributed by atoms with Crippen LogP contribution in [0.1, 0.15) is 11.4 Å². The molecule has 1 aromatic carbocycles. The Bertz CT molecular complexity index is 767. The van der Waals surface area contributed by atoms with Gasteiger partial charge >= 0.3 is 0 Å². The summed E-state index contributed by atoms with van der Waals surface area (Å²) < 4.78 is 11.2. The summed E-state index contributed by atoms with van der Waals surface area (Å²) in [5, 5.41) is 8.38. The van der Waals surface area contributed by atoms with Crippen molar-refractivity contribution in [1.82, 2.24) is 19.1 Å². The number of benzene rings is 1. The Morgan fingerprint density at radius 2 is 2.22 bits per heavy atom. The second-order valence-electron chi connectivity index (χ2n) is 5.22. The number of anilines is 1. The normalized spacial score (nSPS) is 10.9. The van der Waals surface area contributed by atoms with E-state index in [0.29, 0.717) is 13.2 Å². The molecule has 0 aliphatic rings. The number of hydrogen-bond acceptors (Lipinski definition) is 6. The highest BCUT2D eigenvalue weighted by molar-refractivity contribution is 7.09. The van der Waals surface area contributed by atoms with E-state index in [1.807, 2.05) is 24.1 Å². The van der Waals surface area contributed by atoms with Crippen molar-refractivity contribution in [2.24, 2.45) is 7.05 Å². The molecule has 23 heavy (non-hydrogen) atoms. The maximum atomic E-state index is 5.04. The van der Waals surface area contributed by atoms with Crippen molar-refractivity contribution >= 4 is 16.7 Å². The van der Waals surface area contributed by atoms with Crippen molar-refractivity contribution in [2.45, 2.75) is 13.0 Å². The molecule has 0 spiro atoms. The monoisotopic (exact) mass is 329 g/mol. The smallest absolute Gasteiger partial charge is 0.202 e. The third-order valence-corrected chi connectivity index (χ3v) is 4.12. The number of aromatic nitrogens is 4. The van der Waals surface area contributed by atoms with Crippen LogP contribution in [0.5, 0.6) is 0 Å². The molecule has 1 N–H and O–H groups in total. The Morgan fingerprint density at radius 3 is 3.00 bits per heavy atom. The first-order valence-corrected chi connectivity index (χ1v) is 8.15. The fourth-order valence-corrected chi connectivity index (χ4v) is 2.84. The molecule has 2 aromatic heterocycles. The Balaban J connectivity index is 1.63. The fourth-order valence-electron chi connectivity index (χ4n) is 2.23. The molecule has 0 saturated heterocycles. The first-order valence-electron chi connectivity index (χ1n) is 7.38. The van der Waals surface area contributed by atoms with Gasteiger partial charge in [-0.1, -0.05) is 18.2 Å². The quantitative estimate of drug-likeness (QED) is 0.722. The van der Waals surface area contributed by atoms with Crippen LogP contribution in [0.15, 0.2) is 36.7 Å². The lowest BCUT2D eigenvalue weighted by atomic mass is 10.1. The molecular formula is C16H19N5OS. The average molecular weight is 329 g/mol. The maximum Gasteiger partial charge on any atom is 0.202 e. The van der Waals surface area contributed by atoms with Gasteiger partial charge in [0.15, 0.2) is 0 Å². The second-order valence-corrected chi connectivity index (χ2v) is 5.97. The Morgan fingerprint density at radius 1 is 1.30 bits per heavy atom. The topological polar surface area (TPSA) is 64.9 Å². The first-order chi connectivity index (χ1) is 11.2. The van der Waals surface area contributed by atoms with Crippen LogP contribution in [0.25, 0.3) is 11.1 Å². The van der Waals surface area contributed by atoms with Gasteiger partial charge in [0, 0.05) is 50.4 Å². The van der Waals surface area contributed by atoms with Crippen molar-refractivity contribution in [1.29, 1.82) is 0 Å². The molecule has 120 valence electrons. The lowest BCUT2D eigenvalue weighted by Crippen LogP contribution is -2.00. The van der Waals surface area contributed by atoms with E-state index >= 15 is 0 Å². The lowest BCUT2D eigenvalue weighted by Gasteiger charge is -2.04. The van der Waals surface area contributed by atoms with Crippen molar-refractivity contribution in [3.63, 3.8) is 0 Å². The zero-order valence-corrected chi connectivity index (χ0v) is 14.0. The van der Waals surface area contributed by atoms with Crippen LogP contribution in [-0.4, -0.2) is 32.9 Å². The summed E-state index contributed by atoms with van der Waals surface area (Å²) in [4.78, 5) is 4.45. The van der Waals surface area contributed by atoms with Crippen LogP contribution in [-0.2, 0) is 24.8 Å². The summed E-state index contributed by atoms with van der Waals surface area (Å²) >= 11 is 1.38. The van der Waals surface area contributed by atoms with Crippen molar-refractivity contribution in [2.75, 3.05) is 19.0 Å². The van der Waals surface area contributed by atoms with Crippen molar-refractivity contribution in [3.05, 3.63) is 48.0 Å². The van der Waals surface area contributed by atoms with Crippen LogP contribution >= 0.6 is 11.5 Å². The average Bonchev–Trinajstić information content (AvgIpc) is 3.20. The van der Waals surface area contributed by atoms with Gasteiger partial charge in [0.05, 0.1) is 12.8 Å². The van der Waals surface area contributed by atoms with Crippen molar-refractivity contribution < 1.29 is 4.74 Å². The van der Waals surface area contributed by atoms with Crippen LogP contribution in [0.2, 0.25) is 0 Å². The Kier molecular flexibility index (Phi) is 4.99. The number of rotatable bonds is 7. The molecular weight excluding hydrogens is 310 g/mol. The highest BCUT2D eigenvalue weighted by atomic mass is 32.1. The number of ether oxygens (including phenoxy) is 1. The number of methoxy groups -OCH3 is 1. The van der Waals surface area contributed by atoms with Gasteiger partial charge in [0.25, 0.3) is 0 Å². The predicted molar refractivity (Wildman–Crippen MR) is 91.5 cm³/mol. The highest BCUT2D eigenvalue weighted by Gasteiger charge is 2.05. The van der Waals surface area contributed by atoms with E-state index in [4.69, 9.17) is 4.74 Å². The van der Waals surface area contributed by atoms with Gasteiger partial charge in [0.1, 0.15) is 5.82 Å². The molecule has 0 saturated carbocycles. The van der Waals surface area contributed by atoms with E-state index in [0.717, 1.165) is 28.5 Å². The summed E-state index contributed by atoms with van der Waals surface area (Å²) in [6.45, 7) is 1.36. The largest absolute Gasteiger partial charge is 0.384 e. The van der Waals surface area contributed by atoms with E-state index < -0.39 is 0 Å². The van der Waals surface area contributed by atoms with Crippen LogP contribution in [0.3, 0.4) is 0 Å². The summed E-state index contributed by atoms with van der Waals surface area (Å²) in [5.74, 6) is 0.823. The van der Waals surface area contributed by atoms with Crippen LogP contribution in [0.4, 0.5) is 5.13 Å². The number of nitrogens with one attached hydrogen (secondary N) is 1. The molecule has 6 nitrogen and oxygen atoms in total. The third-order valence-electron chi connectivity index (χ3n) is 3.41. The van der Waals surface area contributed by atoms with Crippen LogP contribution < -0.4 is 5.32 Å². The molecule has 0 fully saturated rings. The molecule has 7 heteroatoms. The minimum Gasteiger partial charge on any atom is -0.384 e. The van der Waals surface area contributed by atoms with Gasteiger partial charge in [-0.05, 0) is 17.2 Å². The summed E-state index contributed by atoms with van der Waals surface area (Å²) in [6.07, 6.45) is 4.63. The lowest BCUT2D eigenvalue weighted by molar-refractivity contribution is 0.201. The standard InChI is InChI=1S/C16H19N5OS/c1-21-11-14(10-18-21)13-5-3-4-12(8-13)9-17-16-19-15(20-23-16)6-7-22-2/h3-5,8,10-11H,6-7,9H2,1-2H3,(H,17,19,20). The van der Waals surface area contributed by atoms with E-state index in [2.05, 4.69) is 44.0 Å². The zero-order valence-electron chi connectivity index (χ0n) is 13.2. The Hall–Kier alpha value is -2.25. The molecule has 0 amide bonds. The van der Waals surface area contributed by atoms with Gasteiger partial charge < -0.3 is 10.1 Å². The number of aryl methyl sites for hydroxylation is 1. The number of nitrogens with zero attached hydrogens (tertiary/aromatic N) is 4. The van der Waals surface area contributed by atoms with Gasteiger partial charge in [-0.25, -0.2) is 4.98 Å². The van der Waals surface area contributed by atoms with E-state index in [9.17, 15) is 0 Å². The summed E-state index contributed by atoms with van der Waals surface area (Å²) in [7, 11) is 3.60. The molecule has 0 unspecified atom stereocenters. The van der Waals surface area contributed by atoms with E-state index in [1.54, 1.807) is 7.11 Å². The molecule has 3 rings (SSSR count). The third kappa shape index (κ3) is 4.14. The molecule has 0 atom stereocenters. The predicted octanol–water partition coefficient (Wildman–Crippen LogP) is 2.74. The molecule has 0 bridgehead atoms. The maximum absolute atomic E-state index is 5.04. The van der Waals surface area contributed by atoms with Crippen molar-refractivity contribution in [3.8, 4) is 11.1 Å². The zero-order chi connectivity index (χ0) is 16.1. The number of hydrogen-bond donors (Lipinski definition) is 1. The second kappa shape index (κ2) is 7.34. The van der Waals surface area contributed by atoms with Gasteiger partial charge in [-0.15, -0.1) is 0 Å². The molecule has 0 radical (unpaired) electrons. The minimum absolute atomic E-state index is 0.642. The first kappa shape index (κ1) is 15.6. The van der Waals surface area contributed by atoms with Gasteiger partial charge in [-0.2, -0.15) is 9.47 Å². The molecule has 0 aliphatic heterocycles. The summed E-state index contributed by atoms with van der Waals surface area (Å²) in [5.41, 5.74) is 3.47. The molecule has 2 heterocycles. The fraction of sp³-hybridized carbons (Fsp3) is 0.312. The highest BCUT2D eigenvalue weighted by Crippen LogP contribution is 2.20. The van der Waals surface area contributed by atoms with E-state index in [-0.39, 0.29) is 0 Å². The Labute approximate surface area is 139 Å².